The summed E-state index contributed by atoms with van der Waals surface area (Å²) in [5.74, 6) is -0.407. The molecule has 1 saturated carbocycles. The highest BCUT2D eigenvalue weighted by Crippen LogP contribution is 2.39. The second kappa shape index (κ2) is 7.05. The van der Waals surface area contributed by atoms with Crippen molar-refractivity contribution in [2.24, 2.45) is 5.92 Å². The fraction of sp³-hybridized carbons (Fsp3) is 0.875. The Morgan fingerprint density at radius 3 is 2.05 bits per heavy atom. The number of methoxy groups -OCH3 is 1. The van der Waals surface area contributed by atoms with E-state index in [2.05, 4.69) is 38.6 Å². The molecule has 0 N–H and O–H groups in total. The number of ketones is 1. The predicted octanol–water partition coefficient (Wildman–Crippen LogP) is 3.70. The normalized spacial score (nSPS) is 23.7. The third kappa shape index (κ3) is 5.22. The van der Waals surface area contributed by atoms with Crippen LogP contribution in [0.25, 0.3) is 0 Å². The van der Waals surface area contributed by atoms with Crippen LogP contribution in [0.4, 0.5) is 0 Å². The molecule has 0 aromatic heterocycles. The van der Waals surface area contributed by atoms with Crippen LogP contribution in [0.15, 0.2) is 0 Å². The van der Waals surface area contributed by atoms with Crippen LogP contribution in [0.3, 0.4) is 0 Å². The van der Waals surface area contributed by atoms with Crippen molar-refractivity contribution >= 4 is 20.1 Å². The molecule has 1 aliphatic rings. The molecule has 0 aliphatic heterocycles. The lowest BCUT2D eigenvalue weighted by Gasteiger charge is -2.41. The largest absolute Gasteiger partial charge is 0.469 e. The van der Waals surface area contributed by atoms with Gasteiger partial charge in [-0.05, 0) is 43.8 Å². The molecule has 0 radical (unpaired) electrons. The molecule has 0 aromatic rings. The summed E-state index contributed by atoms with van der Waals surface area (Å²) in [6, 6.07) is 0. The van der Waals surface area contributed by atoms with Crippen molar-refractivity contribution in [3.8, 4) is 0 Å². The van der Waals surface area contributed by atoms with Gasteiger partial charge in [0.15, 0.2) is 8.32 Å². The lowest BCUT2D eigenvalue weighted by molar-refractivity contribution is -0.144. The number of carbonyl (C=O) groups is 2. The molecule has 0 aromatic carbocycles. The first kappa shape index (κ1) is 18.4. The van der Waals surface area contributed by atoms with E-state index in [9.17, 15) is 9.59 Å². The average molecular weight is 314 g/mol. The summed E-state index contributed by atoms with van der Waals surface area (Å²) in [7, 11) is -0.414. The standard InChI is InChI=1S/C16H30O4Si/c1-16(2,3)21(5,6)20-13-9-7-12(8-10-13)14(17)11-15(18)19-4/h12-13H,7-11H2,1-6H3. The van der Waals surface area contributed by atoms with Gasteiger partial charge in [0.05, 0.1) is 7.11 Å². The SMILES string of the molecule is COC(=O)CC(=O)C1CCC(O[Si](C)(C)C(C)(C)C)CC1. The number of hydrogen-bond donors (Lipinski definition) is 0. The van der Waals surface area contributed by atoms with E-state index in [4.69, 9.17) is 4.43 Å². The summed E-state index contributed by atoms with van der Waals surface area (Å²) in [5.41, 5.74) is 0. The molecular weight excluding hydrogens is 284 g/mol. The second-order valence-corrected chi connectivity index (χ2v) is 12.3. The maximum Gasteiger partial charge on any atom is 0.313 e. The molecule has 0 bridgehead atoms. The smallest absolute Gasteiger partial charge is 0.313 e. The first-order chi connectivity index (χ1) is 9.56. The summed E-state index contributed by atoms with van der Waals surface area (Å²) in [6.45, 7) is 11.3. The van der Waals surface area contributed by atoms with Crippen LogP contribution < -0.4 is 0 Å². The van der Waals surface area contributed by atoms with E-state index in [1.54, 1.807) is 0 Å². The zero-order chi connectivity index (χ0) is 16.3. The number of ether oxygens (including phenoxy) is 1. The van der Waals surface area contributed by atoms with E-state index < -0.39 is 14.3 Å². The van der Waals surface area contributed by atoms with Gasteiger partial charge in [-0.15, -0.1) is 0 Å². The van der Waals surface area contributed by atoms with E-state index in [0.29, 0.717) is 0 Å². The van der Waals surface area contributed by atoms with Crippen molar-refractivity contribution in [2.75, 3.05) is 7.11 Å². The second-order valence-electron chi connectivity index (χ2n) is 7.57. The van der Waals surface area contributed by atoms with Crippen LogP contribution in [0.5, 0.6) is 0 Å². The number of carbonyl (C=O) groups excluding carboxylic acids is 2. The topological polar surface area (TPSA) is 52.6 Å². The van der Waals surface area contributed by atoms with Gasteiger partial charge in [-0.25, -0.2) is 0 Å². The average Bonchev–Trinajstić information content (AvgIpc) is 2.37. The van der Waals surface area contributed by atoms with Crippen LogP contribution >= 0.6 is 0 Å². The van der Waals surface area contributed by atoms with E-state index >= 15 is 0 Å². The number of Topliss-reactive ketones (excluding diaryl/α,β-unsaturated/α-hetero) is 1. The highest BCUT2D eigenvalue weighted by Gasteiger charge is 2.40. The van der Waals surface area contributed by atoms with E-state index in [0.717, 1.165) is 25.7 Å². The molecule has 21 heavy (non-hydrogen) atoms. The van der Waals surface area contributed by atoms with Crippen LogP contribution in [0.2, 0.25) is 18.1 Å². The summed E-state index contributed by atoms with van der Waals surface area (Å²) in [5, 5.41) is 0.213. The molecule has 1 rings (SSSR count). The van der Waals surface area contributed by atoms with Gasteiger partial charge in [-0.3, -0.25) is 9.59 Å². The summed E-state index contributed by atoms with van der Waals surface area (Å²) >= 11 is 0. The van der Waals surface area contributed by atoms with Gasteiger partial charge in [-0.2, -0.15) is 0 Å². The fourth-order valence-electron chi connectivity index (χ4n) is 2.45. The van der Waals surface area contributed by atoms with Crippen molar-refractivity contribution < 1.29 is 18.8 Å². The Kier molecular flexibility index (Phi) is 6.17. The fourth-order valence-corrected chi connectivity index (χ4v) is 3.88. The minimum Gasteiger partial charge on any atom is -0.469 e. The maximum absolute atomic E-state index is 12.0. The molecule has 0 amide bonds. The Hall–Kier alpha value is -0.683. The third-order valence-electron chi connectivity index (χ3n) is 4.94. The molecular formula is C16H30O4Si. The van der Waals surface area contributed by atoms with Gasteiger partial charge in [-0.1, -0.05) is 20.8 Å². The van der Waals surface area contributed by atoms with Crippen molar-refractivity contribution in [2.45, 2.75) is 77.1 Å². The van der Waals surface area contributed by atoms with Crippen molar-refractivity contribution in [3.05, 3.63) is 0 Å². The summed E-state index contributed by atoms with van der Waals surface area (Å²) in [6.07, 6.45) is 3.68. The van der Waals surface area contributed by atoms with Crippen LogP contribution in [-0.4, -0.2) is 33.3 Å². The van der Waals surface area contributed by atoms with Crippen LogP contribution in [0, 0.1) is 5.92 Å². The van der Waals surface area contributed by atoms with Crippen LogP contribution in [-0.2, 0) is 18.8 Å². The van der Waals surface area contributed by atoms with Gasteiger partial charge >= 0.3 is 5.97 Å². The minimum absolute atomic E-state index is 0.00312. The molecule has 0 spiro atoms. The number of rotatable bonds is 5. The lowest BCUT2D eigenvalue weighted by atomic mass is 9.84. The van der Waals surface area contributed by atoms with Crippen molar-refractivity contribution in [1.82, 2.24) is 0 Å². The molecule has 0 atom stereocenters. The Morgan fingerprint density at radius 1 is 1.10 bits per heavy atom. The van der Waals surface area contributed by atoms with Gasteiger partial charge in [0.25, 0.3) is 0 Å². The molecule has 122 valence electrons. The highest BCUT2D eigenvalue weighted by molar-refractivity contribution is 6.74. The van der Waals surface area contributed by atoms with Crippen LogP contribution in [0.1, 0.15) is 52.9 Å². The summed E-state index contributed by atoms with van der Waals surface area (Å²) < 4.78 is 11.0. The lowest BCUT2D eigenvalue weighted by Crippen LogP contribution is -2.45. The molecule has 0 unspecified atom stereocenters. The zero-order valence-electron chi connectivity index (χ0n) is 14.3. The highest BCUT2D eigenvalue weighted by atomic mass is 28.4. The number of esters is 1. The molecule has 0 heterocycles. The molecule has 0 saturated heterocycles. The maximum atomic E-state index is 12.0. The Labute approximate surface area is 129 Å². The van der Waals surface area contributed by atoms with Gasteiger partial charge in [0.1, 0.15) is 12.2 Å². The monoisotopic (exact) mass is 314 g/mol. The first-order valence-corrected chi connectivity index (χ1v) is 10.7. The Morgan fingerprint density at radius 2 is 1.62 bits per heavy atom. The predicted molar refractivity (Wildman–Crippen MR) is 85.7 cm³/mol. The molecule has 1 aliphatic carbocycles. The molecule has 5 heteroatoms. The van der Waals surface area contributed by atoms with E-state index in [-0.39, 0.29) is 29.3 Å². The van der Waals surface area contributed by atoms with Gasteiger partial charge < -0.3 is 9.16 Å². The minimum atomic E-state index is -1.73. The molecule has 4 nitrogen and oxygen atoms in total. The summed E-state index contributed by atoms with van der Waals surface area (Å²) in [4.78, 5) is 23.2. The first-order valence-electron chi connectivity index (χ1n) is 7.84. The quantitative estimate of drug-likeness (QED) is 0.441. The van der Waals surface area contributed by atoms with Crippen molar-refractivity contribution in [1.29, 1.82) is 0 Å². The van der Waals surface area contributed by atoms with Gasteiger partial charge in [0.2, 0.25) is 0 Å². The Balaban J connectivity index is 2.46. The van der Waals surface area contributed by atoms with E-state index in [1.807, 2.05) is 0 Å². The Bertz CT molecular complexity index is 376. The third-order valence-corrected chi connectivity index (χ3v) is 9.48. The molecule has 1 fully saturated rings. The van der Waals surface area contributed by atoms with Gasteiger partial charge in [0, 0.05) is 12.0 Å². The van der Waals surface area contributed by atoms with Crippen molar-refractivity contribution in [3.63, 3.8) is 0 Å². The number of hydrogen-bond acceptors (Lipinski definition) is 4. The van der Waals surface area contributed by atoms with E-state index in [1.165, 1.54) is 7.11 Å². The zero-order valence-corrected chi connectivity index (χ0v) is 15.3.